The van der Waals surface area contributed by atoms with Crippen LogP contribution in [0.25, 0.3) is 0 Å². The summed E-state index contributed by atoms with van der Waals surface area (Å²) >= 11 is 6.09. The number of carbonyl (C=O) groups excluding carboxylic acids is 1. The van der Waals surface area contributed by atoms with Gasteiger partial charge in [0.05, 0.1) is 23.6 Å². The molecule has 5 rings (SSSR count). The molecule has 1 aliphatic rings. The number of carbonyl (C=O) groups is 1. The van der Waals surface area contributed by atoms with E-state index >= 15 is 0 Å². The highest BCUT2D eigenvalue weighted by Gasteiger charge is 2.31. The van der Waals surface area contributed by atoms with Gasteiger partial charge < -0.3 is 19.5 Å². The molecule has 1 saturated heterocycles. The number of amides is 1. The average molecular weight is 526 g/mol. The number of hydrogen-bond acceptors (Lipinski definition) is 5. The third-order valence-corrected chi connectivity index (χ3v) is 6.88. The van der Waals surface area contributed by atoms with Crippen LogP contribution in [0.15, 0.2) is 85.3 Å². The number of nitrogens with one attached hydrogen (secondary N) is 1. The third-order valence-electron chi connectivity index (χ3n) is 6.64. The smallest absolute Gasteiger partial charge is 0.240 e. The van der Waals surface area contributed by atoms with Crippen molar-refractivity contribution >= 4 is 17.5 Å². The lowest BCUT2D eigenvalue weighted by atomic mass is 10.1. The second-order valence-corrected chi connectivity index (χ2v) is 9.78. The molecule has 0 saturated carbocycles. The highest BCUT2D eigenvalue weighted by Crippen LogP contribution is 2.23. The largest absolute Gasteiger partial charge is 0.488 e. The monoisotopic (exact) mass is 525 g/mol. The number of imidazole rings is 1. The molecule has 1 aromatic heterocycles. The number of halogens is 1. The van der Waals surface area contributed by atoms with Gasteiger partial charge in [0.2, 0.25) is 5.91 Å². The predicted octanol–water partition coefficient (Wildman–Crippen LogP) is 4.93. The van der Waals surface area contributed by atoms with E-state index in [1.54, 1.807) is 12.4 Å². The maximum Gasteiger partial charge on any atom is 0.240 e. The maximum atomic E-state index is 13.0. The normalized spacial score (nSPS) is 15.0. The first kappa shape index (κ1) is 25.5. The third kappa shape index (κ3) is 6.23. The predicted molar refractivity (Wildman–Crippen MR) is 145 cm³/mol. The Morgan fingerprint density at radius 3 is 2.66 bits per heavy atom. The van der Waals surface area contributed by atoms with Crippen LogP contribution in [0.2, 0.25) is 5.02 Å². The molecule has 1 fully saturated rings. The molecule has 1 aliphatic heterocycles. The average Bonchev–Trinajstić information content (AvgIpc) is 3.52. The summed E-state index contributed by atoms with van der Waals surface area (Å²) in [6, 6.07) is 25.1. The molecule has 0 bridgehead atoms. The minimum atomic E-state index is -0.231. The molecule has 2 heterocycles. The summed E-state index contributed by atoms with van der Waals surface area (Å²) in [5.74, 6) is 0.660. The molecule has 8 heteroatoms. The fourth-order valence-electron chi connectivity index (χ4n) is 4.62. The summed E-state index contributed by atoms with van der Waals surface area (Å²) in [7, 11) is 0. The summed E-state index contributed by atoms with van der Waals surface area (Å²) < 4.78 is 8.02. The van der Waals surface area contributed by atoms with Crippen molar-refractivity contribution in [3.63, 3.8) is 0 Å². The second-order valence-electron chi connectivity index (χ2n) is 9.34. The molecule has 38 heavy (non-hydrogen) atoms. The molecular formula is C30H28ClN5O2. The summed E-state index contributed by atoms with van der Waals surface area (Å²) in [6.45, 7) is 2.75. The zero-order valence-corrected chi connectivity index (χ0v) is 21.6. The quantitative estimate of drug-likeness (QED) is 0.317. The van der Waals surface area contributed by atoms with Crippen molar-refractivity contribution in [1.29, 1.82) is 5.26 Å². The Hall–Kier alpha value is -4.12. The van der Waals surface area contributed by atoms with Gasteiger partial charge in [0, 0.05) is 37.4 Å². The van der Waals surface area contributed by atoms with Gasteiger partial charge in [-0.15, -0.1) is 0 Å². The Labute approximate surface area is 227 Å². The van der Waals surface area contributed by atoms with Gasteiger partial charge in [-0.05, 0) is 47.4 Å². The highest BCUT2D eigenvalue weighted by atomic mass is 35.5. The number of likely N-dealkylation sites (tertiary alicyclic amines) is 1. The molecule has 0 spiro atoms. The van der Waals surface area contributed by atoms with Crippen LogP contribution in [0.3, 0.4) is 0 Å². The summed E-state index contributed by atoms with van der Waals surface area (Å²) in [6.07, 6.45) is 4.35. The van der Waals surface area contributed by atoms with E-state index in [1.165, 1.54) is 0 Å². The van der Waals surface area contributed by atoms with E-state index < -0.39 is 0 Å². The summed E-state index contributed by atoms with van der Waals surface area (Å²) in [5.41, 5.74) is 4.54. The Morgan fingerprint density at radius 2 is 1.84 bits per heavy atom. The van der Waals surface area contributed by atoms with E-state index in [4.69, 9.17) is 16.3 Å². The van der Waals surface area contributed by atoms with E-state index in [0.717, 1.165) is 28.8 Å². The topological polar surface area (TPSA) is 83.2 Å². The first-order chi connectivity index (χ1) is 18.6. The molecule has 1 amide bonds. The molecule has 1 atom stereocenters. The minimum absolute atomic E-state index is 0.100. The van der Waals surface area contributed by atoms with Gasteiger partial charge in [-0.25, -0.2) is 4.98 Å². The van der Waals surface area contributed by atoms with Crippen molar-refractivity contribution in [1.82, 2.24) is 19.8 Å². The molecule has 1 N–H and O–H groups in total. The van der Waals surface area contributed by atoms with E-state index in [2.05, 4.69) is 16.4 Å². The van der Waals surface area contributed by atoms with E-state index in [9.17, 15) is 10.1 Å². The van der Waals surface area contributed by atoms with Gasteiger partial charge >= 0.3 is 0 Å². The van der Waals surface area contributed by atoms with Crippen molar-refractivity contribution in [3.8, 4) is 11.8 Å². The summed E-state index contributed by atoms with van der Waals surface area (Å²) in [5, 5.41) is 13.6. The number of rotatable bonds is 10. The zero-order chi connectivity index (χ0) is 26.3. The zero-order valence-electron chi connectivity index (χ0n) is 20.9. The van der Waals surface area contributed by atoms with Gasteiger partial charge in [-0.3, -0.25) is 4.79 Å². The van der Waals surface area contributed by atoms with Crippen LogP contribution in [-0.4, -0.2) is 32.9 Å². The number of ether oxygens (including phenoxy) is 1. The molecule has 4 aromatic rings. The van der Waals surface area contributed by atoms with Gasteiger partial charge in [0.15, 0.2) is 0 Å². The number of nitrogens with zero attached hydrogens (tertiary/aromatic N) is 4. The first-order valence-corrected chi connectivity index (χ1v) is 12.9. The molecular weight excluding hydrogens is 498 g/mol. The molecule has 7 nitrogen and oxygen atoms in total. The molecule has 3 aromatic carbocycles. The summed E-state index contributed by atoms with van der Waals surface area (Å²) in [4.78, 5) is 19.2. The van der Waals surface area contributed by atoms with Gasteiger partial charge in [0.25, 0.3) is 0 Å². The highest BCUT2D eigenvalue weighted by molar-refractivity contribution is 6.30. The Morgan fingerprint density at radius 1 is 1.03 bits per heavy atom. The van der Waals surface area contributed by atoms with Crippen molar-refractivity contribution in [3.05, 3.63) is 118 Å². The molecule has 192 valence electrons. The van der Waals surface area contributed by atoms with Crippen molar-refractivity contribution < 1.29 is 9.53 Å². The maximum absolute atomic E-state index is 13.0. The standard InChI is InChI=1S/C30H28ClN5O2/c31-26-8-4-7-23(13-26)18-35-12-11-28(30(35)37)34-17-27-16-33-21-36(27)19-24-9-10-25(15-32)29(14-24)38-20-22-5-2-1-3-6-22/h1-10,13-14,16,21,28,34H,11-12,17-20H2/t28-/m0/s1. The Balaban J connectivity index is 1.19. The van der Waals surface area contributed by atoms with Crippen LogP contribution in [0, 0.1) is 11.3 Å². The number of aromatic nitrogens is 2. The number of hydrogen-bond donors (Lipinski definition) is 1. The number of benzene rings is 3. The lowest BCUT2D eigenvalue weighted by Gasteiger charge is -2.18. The molecule has 0 radical (unpaired) electrons. The van der Waals surface area contributed by atoms with Crippen LogP contribution < -0.4 is 10.1 Å². The fraction of sp³-hybridized carbons (Fsp3) is 0.233. The van der Waals surface area contributed by atoms with E-state index in [0.29, 0.717) is 49.1 Å². The lowest BCUT2D eigenvalue weighted by molar-refractivity contribution is -0.129. The first-order valence-electron chi connectivity index (χ1n) is 12.5. The Kier molecular flexibility index (Phi) is 8.03. The van der Waals surface area contributed by atoms with Gasteiger partial charge in [0.1, 0.15) is 18.4 Å². The molecule has 0 aliphatic carbocycles. The lowest BCUT2D eigenvalue weighted by Crippen LogP contribution is -2.38. The minimum Gasteiger partial charge on any atom is -0.488 e. The van der Waals surface area contributed by atoms with Crippen LogP contribution in [0.5, 0.6) is 5.75 Å². The molecule has 0 unspecified atom stereocenters. The fourth-order valence-corrected chi connectivity index (χ4v) is 4.83. The van der Waals surface area contributed by atoms with Crippen LogP contribution in [-0.2, 0) is 31.0 Å². The van der Waals surface area contributed by atoms with Crippen molar-refractivity contribution in [2.24, 2.45) is 0 Å². The van der Waals surface area contributed by atoms with Crippen LogP contribution in [0.1, 0.15) is 34.4 Å². The van der Waals surface area contributed by atoms with Crippen molar-refractivity contribution in [2.45, 2.75) is 38.7 Å². The second kappa shape index (κ2) is 12.0. The number of nitriles is 1. The van der Waals surface area contributed by atoms with Crippen molar-refractivity contribution in [2.75, 3.05) is 6.54 Å². The van der Waals surface area contributed by atoms with E-state index in [-0.39, 0.29) is 11.9 Å². The van der Waals surface area contributed by atoms with Gasteiger partial charge in [-0.1, -0.05) is 60.1 Å². The van der Waals surface area contributed by atoms with Gasteiger partial charge in [-0.2, -0.15) is 5.26 Å². The van der Waals surface area contributed by atoms with Crippen LogP contribution in [0.4, 0.5) is 0 Å². The Bertz CT molecular complexity index is 1450. The SMILES string of the molecule is N#Cc1ccc(Cn2cncc2CN[C@H]2CCN(Cc3cccc(Cl)c3)C2=O)cc1OCc1ccccc1. The van der Waals surface area contributed by atoms with E-state index in [1.807, 2.05) is 82.4 Å². The van der Waals surface area contributed by atoms with Crippen LogP contribution >= 0.6 is 11.6 Å².